The van der Waals surface area contributed by atoms with E-state index in [1.807, 2.05) is 24.3 Å². The maximum atomic E-state index is 13.0. The molecule has 0 radical (unpaired) electrons. The summed E-state index contributed by atoms with van der Waals surface area (Å²) in [5.74, 6) is 0.135. The van der Waals surface area contributed by atoms with Crippen molar-refractivity contribution in [1.29, 1.82) is 0 Å². The first kappa shape index (κ1) is 18.8. The van der Waals surface area contributed by atoms with Gasteiger partial charge in [-0.1, -0.05) is 31.2 Å². The number of nitrogens with one attached hydrogen (secondary N) is 1. The van der Waals surface area contributed by atoms with Crippen LogP contribution < -0.4 is 9.46 Å². The van der Waals surface area contributed by atoms with Crippen LogP contribution in [0.2, 0.25) is 0 Å². The summed E-state index contributed by atoms with van der Waals surface area (Å²) < 4.78 is 33.6. The van der Waals surface area contributed by atoms with Crippen molar-refractivity contribution >= 4 is 15.8 Å². The average Bonchev–Trinajstić information content (AvgIpc) is 2.69. The second kappa shape index (κ2) is 7.71. The van der Waals surface area contributed by atoms with Crippen LogP contribution in [0.4, 0.5) is 5.82 Å². The van der Waals surface area contributed by atoms with E-state index in [1.54, 1.807) is 19.2 Å². The molecule has 0 spiro atoms. The van der Waals surface area contributed by atoms with Crippen LogP contribution in [0.1, 0.15) is 18.2 Å². The molecular weight excluding hydrogens is 364 g/mol. The first-order valence-electron chi connectivity index (χ1n) is 8.39. The third kappa shape index (κ3) is 4.06. The zero-order chi connectivity index (χ0) is 19.4. The number of nitrogens with zero attached hydrogens (tertiary/aromatic N) is 3. The Kier molecular flexibility index (Phi) is 5.36. The Morgan fingerprint density at radius 1 is 1.11 bits per heavy atom. The molecule has 0 atom stereocenters. The van der Waals surface area contributed by atoms with E-state index in [4.69, 9.17) is 4.74 Å². The summed E-state index contributed by atoms with van der Waals surface area (Å²) in [7, 11) is -2.54. The van der Waals surface area contributed by atoms with Crippen LogP contribution in [-0.2, 0) is 16.4 Å². The van der Waals surface area contributed by atoms with Crippen molar-refractivity contribution in [3.05, 3.63) is 60.0 Å². The molecule has 0 saturated carbocycles. The van der Waals surface area contributed by atoms with E-state index in [0.29, 0.717) is 11.4 Å². The van der Waals surface area contributed by atoms with Gasteiger partial charge >= 0.3 is 0 Å². The molecule has 1 N–H and O–H groups in total. The van der Waals surface area contributed by atoms with Crippen molar-refractivity contribution in [2.24, 2.45) is 0 Å². The zero-order valence-electron chi connectivity index (χ0n) is 15.3. The number of pyridine rings is 1. The van der Waals surface area contributed by atoms with E-state index in [9.17, 15) is 8.42 Å². The van der Waals surface area contributed by atoms with Gasteiger partial charge < -0.3 is 4.74 Å². The fraction of sp³-hybridized carbons (Fsp3) is 0.211. The highest BCUT2D eigenvalue weighted by Crippen LogP contribution is 2.28. The highest BCUT2D eigenvalue weighted by molar-refractivity contribution is 7.92. The minimum absolute atomic E-state index is 0.0271. The highest BCUT2D eigenvalue weighted by atomic mass is 32.2. The van der Waals surface area contributed by atoms with Gasteiger partial charge in [-0.15, -0.1) is 0 Å². The monoisotopic (exact) mass is 384 g/mol. The Hall–Kier alpha value is -3.00. The van der Waals surface area contributed by atoms with Crippen molar-refractivity contribution in [3.8, 4) is 17.1 Å². The van der Waals surface area contributed by atoms with Gasteiger partial charge in [0, 0.05) is 11.8 Å². The molecule has 140 valence electrons. The molecule has 2 aromatic heterocycles. The molecule has 0 saturated heterocycles. The van der Waals surface area contributed by atoms with E-state index in [-0.39, 0.29) is 16.6 Å². The van der Waals surface area contributed by atoms with Gasteiger partial charge in [0.1, 0.15) is 4.90 Å². The lowest BCUT2D eigenvalue weighted by Gasteiger charge is -2.13. The Morgan fingerprint density at radius 2 is 1.85 bits per heavy atom. The van der Waals surface area contributed by atoms with Crippen molar-refractivity contribution in [3.63, 3.8) is 0 Å². The molecule has 0 fully saturated rings. The Bertz CT molecular complexity index is 1050. The molecule has 0 unspecified atom stereocenters. The number of benzene rings is 1. The molecule has 0 amide bonds. The number of ether oxygens (including phenoxy) is 1. The molecule has 2 heterocycles. The normalized spacial score (nSPS) is 11.2. The topological polar surface area (TPSA) is 94.1 Å². The molecular formula is C19H20N4O3S. The maximum absolute atomic E-state index is 13.0. The molecule has 3 rings (SSSR count). The van der Waals surface area contributed by atoms with Crippen LogP contribution in [-0.4, -0.2) is 30.5 Å². The number of aryl methyl sites for hydroxylation is 2. The summed E-state index contributed by atoms with van der Waals surface area (Å²) >= 11 is 0. The quantitative estimate of drug-likeness (QED) is 0.701. The van der Waals surface area contributed by atoms with Gasteiger partial charge in [0.25, 0.3) is 15.9 Å². The summed E-state index contributed by atoms with van der Waals surface area (Å²) in [6.07, 6.45) is 3.93. The van der Waals surface area contributed by atoms with Crippen LogP contribution in [0.15, 0.2) is 53.7 Å². The van der Waals surface area contributed by atoms with Crippen LogP contribution in [0.25, 0.3) is 11.3 Å². The number of hydrogen-bond donors (Lipinski definition) is 1. The van der Waals surface area contributed by atoms with Gasteiger partial charge in [-0.25, -0.2) is 18.4 Å². The number of hydrogen-bond acceptors (Lipinski definition) is 6. The van der Waals surface area contributed by atoms with Crippen LogP contribution in [0, 0.1) is 6.92 Å². The second-order valence-electron chi connectivity index (χ2n) is 5.88. The fourth-order valence-corrected chi connectivity index (χ4v) is 3.76. The molecule has 27 heavy (non-hydrogen) atoms. The molecule has 7 nitrogen and oxygen atoms in total. The maximum Gasteiger partial charge on any atom is 0.265 e. The largest absolute Gasteiger partial charge is 0.478 e. The number of methoxy groups -OCH3 is 1. The highest BCUT2D eigenvalue weighted by Gasteiger charge is 2.23. The number of sulfonamides is 1. The van der Waals surface area contributed by atoms with Crippen molar-refractivity contribution < 1.29 is 13.2 Å². The van der Waals surface area contributed by atoms with Crippen molar-refractivity contribution in [2.75, 3.05) is 11.8 Å². The molecule has 0 bridgehead atoms. The summed E-state index contributed by atoms with van der Waals surface area (Å²) in [5, 5.41) is 0. The Labute approximate surface area is 158 Å². The van der Waals surface area contributed by atoms with Gasteiger partial charge in [0.15, 0.2) is 0 Å². The van der Waals surface area contributed by atoms with Crippen LogP contribution in [0.3, 0.4) is 0 Å². The minimum atomic E-state index is -3.95. The van der Waals surface area contributed by atoms with Gasteiger partial charge in [0.2, 0.25) is 5.82 Å². The van der Waals surface area contributed by atoms with Gasteiger partial charge in [-0.3, -0.25) is 9.71 Å². The third-order valence-corrected chi connectivity index (χ3v) is 5.35. The molecule has 1 aromatic carbocycles. The third-order valence-electron chi connectivity index (χ3n) is 3.98. The van der Waals surface area contributed by atoms with E-state index in [1.165, 1.54) is 19.4 Å². The number of anilines is 1. The summed E-state index contributed by atoms with van der Waals surface area (Å²) in [4.78, 5) is 12.6. The molecule has 0 aliphatic carbocycles. The minimum Gasteiger partial charge on any atom is -0.478 e. The van der Waals surface area contributed by atoms with Crippen molar-refractivity contribution in [2.45, 2.75) is 25.2 Å². The van der Waals surface area contributed by atoms with Crippen molar-refractivity contribution in [1.82, 2.24) is 15.0 Å². The Balaban J connectivity index is 2.03. The van der Waals surface area contributed by atoms with Gasteiger partial charge in [0.05, 0.1) is 24.7 Å². The summed E-state index contributed by atoms with van der Waals surface area (Å²) in [6.45, 7) is 3.80. The lowest BCUT2D eigenvalue weighted by molar-refractivity contribution is 0.397. The van der Waals surface area contributed by atoms with Crippen LogP contribution >= 0.6 is 0 Å². The smallest absolute Gasteiger partial charge is 0.265 e. The van der Waals surface area contributed by atoms with E-state index >= 15 is 0 Å². The predicted octanol–water partition coefficient (Wildman–Crippen LogP) is 3.22. The number of aromatic nitrogens is 3. The Morgan fingerprint density at radius 3 is 2.52 bits per heavy atom. The summed E-state index contributed by atoms with van der Waals surface area (Å²) in [5.41, 5.74) is 2.87. The SMILES string of the molecule is CCc1ccc(-c2ncccc2S(=O)(=O)Nc2ncc(C)nc2OC)cc1. The van der Waals surface area contributed by atoms with Gasteiger partial charge in [-0.2, -0.15) is 0 Å². The van der Waals surface area contributed by atoms with Crippen LogP contribution in [0.5, 0.6) is 5.88 Å². The fourth-order valence-electron chi connectivity index (χ4n) is 2.57. The summed E-state index contributed by atoms with van der Waals surface area (Å²) in [6, 6.07) is 10.7. The molecule has 0 aliphatic rings. The first-order chi connectivity index (χ1) is 12.9. The van der Waals surface area contributed by atoms with E-state index in [2.05, 4.69) is 26.6 Å². The first-order valence-corrected chi connectivity index (χ1v) is 9.87. The number of rotatable bonds is 6. The average molecular weight is 384 g/mol. The zero-order valence-corrected chi connectivity index (χ0v) is 16.1. The molecule has 8 heteroatoms. The predicted molar refractivity (Wildman–Crippen MR) is 103 cm³/mol. The van der Waals surface area contributed by atoms with E-state index in [0.717, 1.165) is 17.5 Å². The second-order valence-corrected chi connectivity index (χ2v) is 7.53. The molecule has 3 aromatic rings. The lowest BCUT2D eigenvalue weighted by Crippen LogP contribution is -2.16. The lowest BCUT2D eigenvalue weighted by atomic mass is 10.1. The molecule has 0 aliphatic heterocycles. The standard InChI is InChI=1S/C19H20N4O3S/c1-4-14-7-9-15(10-8-14)17-16(6-5-11-20-17)27(24,25)23-18-19(26-3)22-13(2)12-21-18/h5-12H,4H2,1-3H3,(H,21,23). The van der Waals surface area contributed by atoms with E-state index < -0.39 is 10.0 Å². The van der Waals surface area contributed by atoms with Gasteiger partial charge in [-0.05, 0) is 31.0 Å².